The Morgan fingerprint density at radius 2 is 2.00 bits per heavy atom. The van der Waals surface area contributed by atoms with Crippen LogP contribution in [0.25, 0.3) is 0 Å². The van der Waals surface area contributed by atoms with E-state index in [4.69, 9.17) is 14.2 Å². The van der Waals surface area contributed by atoms with Crippen LogP contribution in [0.4, 0.5) is 0 Å². The summed E-state index contributed by atoms with van der Waals surface area (Å²) in [6.45, 7) is 2.20. The summed E-state index contributed by atoms with van der Waals surface area (Å²) in [4.78, 5) is 34.4. The molecule has 0 aliphatic carbocycles. The molecule has 1 aromatic carbocycles. The lowest BCUT2D eigenvalue weighted by atomic mass is 10.2. The molecule has 0 amide bonds. The van der Waals surface area contributed by atoms with Crippen LogP contribution in [0.2, 0.25) is 0 Å². The van der Waals surface area contributed by atoms with Gasteiger partial charge in [-0.05, 0) is 12.1 Å². The Morgan fingerprint density at radius 1 is 1.30 bits per heavy atom. The summed E-state index contributed by atoms with van der Waals surface area (Å²) < 4.78 is 19.4. The Morgan fingerprint density at radius 3 is 2.60 bits per heavy atom. The average Bonchev–Trinajstić information content (AvgIpc) is 2.69. The molecular formula is C13H12O7. The van der Waals surface area contributed by atoms with Crippen LogP contribution in [-0.4, -0.2) is 30.5 Å². The molecule has 0 radical (unpaired) electrons. The van der Waals surface area contributed by atoms with Crippen molar-refractivity contribution in [1.82, 2.24) is 0 Å². The molecule has 1 aliphatic heterocycles. The van der Waals surface area contributed by atoms with E-state index in [-0.39, 0.29) is 18.1 Å². The topological polar surface area (TPSA) is 88.1 Å². The fourth-order valence-electron chi connectivity index (χ4n) is 1.57. The van der Waals surface area contributed by atoms with Gasteiger partial charge in [-0.15, -0.1) is 0 Å². The van der Waals surface area contributed by atoms with Gasteiger partial charge in [-0.2, -0.15) is 0 Å². The maximum atomic E-state index is 12.1. The highest BCUT2D eigenvalue weighted by Crippen LogP contribution is 2.26. The van der Waals surface area contributed by atoms with Gasteiger partial charge >= 0.3 is 23.7 Å². The van der Waals surface area contributed by atoms with Crippen molar-refractivity contribution in [1.29, 1.82) is 0 Å². The van der Waals surface area contributed by atoms with Gasteiger partial charge in [-0.3, -0.25) is 9.53 Å². The van der Waals surface area contributed by atoms with Crippen molar-refractivity contribution in [2.45, 2.75) is 19.6 Å². The van der Waals surface area contributed by atoms with Crippen molar-refractivity contribution in [2.24, 2.45) is 0 Å². The molecule has 106 valence electrons. The first-order valence-corrected chi connectivity index (χ1v) is 5.74. The molecule has 1 atom stereocenters. The summed E-state index contributed by atoms with van der Waals surface area (Å²) in [6, 6.07) is 6.01. The number of cyclic esters (lactones) is 1. The quantitative estimate of drug-likeness (QED) is 0.603. The van der Waals surface area contributed by atoms with Gasteiger partial charge in [0.1, 0.15) is 11.3 Å². The van der Waals surface area contributed by atoms with E-state index < -0.39 is 23.7 Å². The lowest BCUT2D eigenvalue weighted by molar-refractivity contribution is -0.176. The highest BCUT2D eigenvalue weighted by molar-refractivity contribution is 5.95. The van der Waals surface area contributed by atoms with Crippen molar-refractivity contribution in [3.63, 3.8) is 0 Å². The molecule has 0 bridgehead atoms. The molecule has 20 heavy (non-hydrogen) atoms. The van der Waals surface area contributed by atoms with Crippen LogP contribution in [0.5, 0.6) is 5.75 Å². The first kappa shape index (κ1) is 14.0. The summed E-state index contributed by atoms with van der Waals surface area (Å²) in [5, 5.41) is 0. The number of benzene rings is 1. The molecular weight excluding hydrogens is 268 g/mol. The van der Waals surface area contributed by atoms with Gasteiger partial charge in [0.15, 0.2) is 6.79 Å². The molecule has 0 saturated carbocycles. The second-order valence-corrected chi connectivity index (χ2v) is 4.12. The average molecular weight is 280 g/mol. The number of para-hydroxylation sites is 1. The number of esters is 3. The minimum Gasteiger partial charge on any atom is -0.433 e. The van der Waals surface area contributed by atoms with Crippen LogP contribution in [0.3, 0.4) is 0 Å². The van der Waals surface area contributed by atoms with E-state index in [0.717, 1.165) is 0 Å². The van der Waals surface area contributed by atoms with Crippen LogP contribution in [0.1, 0.15) is 24.2 Å². The summed E-state index contributed by atoms with van der Waals surface area (Å²) in [5.74, 6) is -3.98. The maximum Gasteiger partial charge on any atom is 0.381 e. The zero-order valence-electron chi connectivity index (χ0n) is 10.9. The summed E-state index contributed by atoms with van der Waals surface area (Å²) >= 11 is 0. The standard InChI is InChI=1S/C13H12O7/c1-8(14)19-10-6-4-3-5-9(10)11(15)20-13(2)12(16)17-7-18-13/h3-6H,7H2,1-2H3. The first-order valence-electron chi connectivity index (χ1n) is 5.74. The summed E-state index contributed by atoms with van der Waals surface area (Å²) in [6.07, 6.45) is 0. The third-order valence-electron chi connectivity index (χ3n) is 2.54. The molecule has 0 N–H and O–H groups in total. The van der Waals surface area contributed by atoms with Crippen molar-refractivity contribution >= 4 is 17.9 Å². The van der Waals surface area contributed by atoms with Gasteiger partial charge < -0.3 is 14.2 Å². The molecule has 0 aromatic heterocycles. The van der Waals surface area contributed by atoms with Gasteiger partial charge in [0.2, 0.25) is 0 Å². The molecule has 7 nitrogen and oxygen atoms in total. The zero-order chi connectivity index (χ0) is 14.8. The first-order chi connectivity index (χ1) is 9.42. The van der Waals surface area contributed by atoms with Crippen LogP contribution >= 0.6 is 0 Å². The van der Waals surface area contributed by atoms with E-state index in [9.17, 15) is 14.4 Å². The molecule has 7 heteroatoms. The fourth-order valence-corrected chi connectivity index (χ4v) is 1.57. The minimum atomic E-state index is -1.79. The lowest BCUT2D eigenvalue weighted by Crippen LogP contribution is -2.38. The molecule has 2 rings (SSSR count). The predicted molar refractivity (Wildman–Crippen MR) is 63.6 cm³/mol. The van der Waals surface area contributed by atoms with Crippen molar-refractivity contribution in [3.8, 4) is 5.75 Å². The minimum absolute atomic E-state index is 0.00669. The maximum absolute atomic E-state index is 12.1. The second-order valence-electron chi connectivity index (χ2n) is 4.12. The fraction of sp³-hybridized carbons (Fsp3) is 0.308. The number of hydrogen-bond donors (Lipinski definition) is 0. The molecule has 1 saturated heterocycles. The van der Waals surface area contributed by atoms with Crippen LogP contribution in [-0.2, 0) is 23.8 Å². The molecule has 1 aliphatic rings. The Kier molecular flexibility index (Phi) is 3.71. The van der Waals surface area contributed by atoms with Gasteiger partial charge in [-0.1, -0.05) is 12.1 Å². The van der Waals surface area contributed by atoms with Gasteiger partial charge in [-0.25, -0.2) is 9.59 Å². The van der Waals surface area contributed by atoms with Gasteiger partial charge in [0, 0.05) is 13.8 Å². The smallest absolute Gasteiger partial charge is 0.381 e. The third kappa shape index (κ3) is 2.77. The molecule has 1 heterocycles. The Bertz CT molecular complexity index is 566. The van der Waals surface area contributed by atoms with E-state index in [1.807, 2.05) is 0 Å². The zero-order valence-corrected chi connectivity index (χ0v) is 10.9. The van der Waals surface area contributed by atoms with E-state index in [2.05, 4.69) is 4.74 Å². The van der Waals surface area contributed by atoms with Gasteiger partial charge in [0.05, 0.1) is 0 Å². The molecule has 1 fully saturated rings. The van der Waals surface area contributed by atoms with E-state index in [0.29, 0.717) is 0 Å². The van der Waals surface area contributed by atoms with Crippen molar-refractivity contribution < 1.29 is 33.3 Å². The SMILES string of the molecule is CC(=O)Oc1ccccc1C(=O)OC1(C)OCOC1=O. The molecule has 1 aromatic rings. The Hall–Kier alpha value is -2.41. The Balaban J connectivity index is 2.21. The van der Waals surface area contributed by atoms with Crippen molar-refractivity contribution in [3.05, 3.63) is 29.8 Å². The highest BCUT2D eigenvalue weighted by atomic mass is 16.8. The number of carbonyl (C=O) groups is 3. The van der Waals surface area contributed by atoms with E-state index in [1.54, 1.807) is 12.1 Å². The number of ether oxygens (including phenoxy) is 4. The third-order valence-corrected chi connectivity index (χ3v) is 2.54. The summed E-state index contributed by atoms with van der Waals surface area (Å²) in [7, 11) is 0. The Labute approximate surface area is 114 Å². The van der Waals surface area contributed by atoms with Crippen LogP contribution < -0.4 is 4.74 Å². The second kappa shape index (κ2) is 5.30. The molecule has 1 unspecified atom stereocenters. The number of carbonyl (C=O) groups excluding carboxylic acids is 3. The number of hydrogen-bond acceptors (Lipinski definition) is 7. The van der Waals surface area contributed by atoms with Crippen LogP contribution in [0.15, 0.2) is 24.3 Å². The monoisotopic (exact) mass is 280 g/mol. The van der Waals surface area contributed by atoms with Gasteiger partial charge in [0.25, 0.3) is 0 Å². The largest absolute Gasteiger partial charge is 0.433 e. The lowest BCUT2D eigenvalue weighted by Gasteiger charge is -2.19. The molecule has 0 spiro atoms. The van der Waals surface area contributed by atoms with Crippen molar-refractivity contribution in [2.75, 3.05) is 6.79 Å². The van der Waals surface area contributed by atoms with Crippen LogP contribution in [0, 0.1) is 0 Å². The number of rotatable bonds is 3. The highest BCUT2D eigenvalue weighted by Gasteiger charge is 2.46. The normalized spacial score (nSPS) is 21.2. The van der Waals surface area contributed by atoms with E-state index in [1.165, 1.54) is 26.0 Å². The summed E-state index contributed by atoms with van der Waals surface area (Å²) in [5.41, 5.74) is 0.00669. The predicted octanol–water partition coefficient (Wildman–Crippen LogP) is 1.02. The van der Waals surface area contributed by atoms with E-state index >= 15 is 0 Å².